The van der Waals surface area contributed by atoms with Crippen LogP contribution in [0.3, 0.4) is 0 Å². The van der Waals surface area contributed by atoms with E-state index in [9.17, 15) is 14.7 Å². The quantitative estimate of drug-likeness (QED) is 0.190. The Morgan fingerprint density at radius 2 is 1.96 bits per heavy atom. The predicted molar refractivity (Wildman–Crippen MR) is 191 cm³/mol. The summed E-state index contributed by atoms with van der Waals surface area (Å²) in [5.74, 6) is 2.31. The lowest BCUT2D eigenvalue weighted by Crippen LogP contribution is -2.53. The number of ether oxygens (including phenoxy) is 2. The first-order chi connectivity index (χ1) is 23.6. The molecule has 1 aliphatic heterocycles. The van der Waals surface area contributed by atoms with Crippen molar-refractivity contribution in [3.63, 3.8) is 0 Å². The summed E-state index contributed by atoms with van der Waals surface area (Å²) in [4.78, 5) is 29.4. The molecule has 49 heavy (non-hydrogen) atoms. The predicted octanol–water partition coefficient (Wildman–Crippen LogP) is 7.71. The van der Waals surface area contributed by atoms with Crippen LogP contribution in [-0.2, 0) is 27.8 Å². The number of carbonyl (C=O) groups is 2. The molecule has 0 radical (unpaired) electrons. The number of aryl methyl sites for hydroxylation is 1. The fourth-order valence-electron chi connectivity index (χ4n) is 9.16. The first-order valence-corrected chi connectivity index (χ1v) is 18.4. The third-order valence-electron chi connectivity index (χ3n) is 11.8. The highest BCUT2D eigenvalue weighted by Crippen LogP contribution is 2.57. The van der Waals surface area contributed by atoms with Crippen LogP contribution < -0.4 is 20.1 Å². The Morgan fingerprint density at radius 3 is 2.71 bits per heavy atom. The van der Waals surface area contributed by atoms with Crippen molar-refractivity contribution in [1.82, 2.24) is 10.3 Å². The molecular weight excluding hydrogens is 638 g/mol. The summed E-state index contributed by atoms with van der Waals surface area (Å²) in [5.41, 5.74) is 4.55. The smallest absolute Gasteiger partial charge is 0.329 e. The fourth-order valence-corrected chi connectivity index (χ4v) is 9.35. The van der Waals surface area contributed by atoms with Crippen LogP contribution in [0.1, 0.15) is 93.5 Å². The van der Waals surface area contributed by atoms with Crippen molar-refractivity contribution in [2.24, 2.45) is 17.8 Å². The average molecular weight is 686 g/mol. The summed E-state index contributed by atoms with van der Waals surface area (Å²) in [6.07, 6.45) is 10.2. The summed E-state index contributed by atoms with van der Waals surface area (Å²) >= 11 is 6.27. The van der Waals surface area contributed by atoms with Gasteiger partial charge in [-0.2, -0.15) is 0 Å². The van der Waals surface area contributed by atoms with Crippen molar-refractivity contribution in [3.05, 3.63) is 82.1 Å². The van der Waals surface area contributed by atoms with E-state index in [2.05, 4.69) is 47.7 Å². The number of anilines is 1. The van der Waals surface area contributed by atoms with Gasteiger partial charge in [-0.25, -0.2) is 4.79 Å². The van der Waals surface area contributed by atoms with Gasteiger partial charge in [-0.1, -0.05) is 37.6 Å². The van der Waals surface area contributed by atoms with Gasteiger partial charge in [-0.15, -0.1) is 0 Å². The molecule has 4 atom stereocenters. The van der Waals surface area contributed by atoms with E-state index < -0.39 is 11.5 Å². The van der Waals surface area contributed by atoms with Crippen molar-refractivity contribution in [1.29, 1.82) is 0 Å². The monoisotopic (exact) mass is 685 g/mol. The standard InChI is InChI=1S/C40H48ClN3O5/c1-25(23-49-35-11-16-42-34-8-3-5-26(2)37(34)35)17-29-19-28-9-10-32(48-24-27-18-36(45)43-22-27)21-33(28)39(29)12-14-40(15-13-39,38(46)47)44-31-7-4-6-30(41)20-31/h4,6-7,9-11,16,20-21,25-27,29,44H,3,5,8,12-15,17-19,22-24H2,1-2H3,(H,43,45)(H,46,47)/t25-,26-,27?,29+,39?,40?/m1/s1. The minimum atomic E-state index is -1.08. The maximum Gasteiger partial charge on any atom is 0.329 e. The number of carbonyl (C=O) groups excluding carboxylic acids is 1. The number of hydrogen-bond acceptors (Lipinski definition) is 6. The first kappa shape index (κ1) is 33.7. The lowest BCUT2D eigenvalue weighted by molar-refractivity contribution is -0.144. The number of hydrogen-bond donors (Lipinski definition) is 3. The molecule has 260 valence electrons. The first-order valence-electron chi connectivity index (χ1n) is 18.0. The van der Waals surface area contributed by atoms with Crippen LogP contribution in [0.5, 0.6) is 11.5 Å². The van der Waals surface area contributed by atoms with E-state index in [0.29, 0.717) is 61.8 Å². The van der Waals surface area contributed by atoms with E-state index in [4.69, 9.17) is 21.1 Å². The van der Waals surface area contributed by atoms with Crippen LogP contribution in [0.4, 0.5) is 5.69 Å². The van der Waals surface area contributed by atoms with E-state index in [0.717, 1.165) is 49.3 Å². The Morgan fingerprint density at radius 1 is 1.12 bits per heavy atom. The van der Waals surface area contributed by atoms with E-state index in [1.54, 1.807) is 12.1 Å². The van der Waals surface area contributed by atoms with Crippen LogP contribution in [0, 0.1) is 17.8 Å². The van der Waals surface area contributed by atoms with Gasteiger partial charge in [0.25, 0.3) is 0 Å². The molecule has 1 spiro atoms. The summed E-state index contributed by atoms with van der Waals surface area (Å²) in [7, 11) is 0. The van der Waals surface area contributed by atoms with E-state index in [1.165, 1.54) is 35.2 Å². The fraction of sp³-hybridized carbons (Fsp3) is 0.525. The summed E-state index contributed by atoms with van der Waals surface area (Å²) < 4.78 is 12.8. The maximum absolute atomic E-state index is 12.9. The van der Waals surface area contributed by atoms with Crippen molar-refractivity contribution in [3.8, 4) is 11.5 Å². The van der Waals surface area contributed by atoms with Gasteiger partial charge in [-0.3, -0.25) is 9.78 Å². The molecule has 1 amide bonds. The van der Waals surface area contributed by atoms with E-state index in [1.807, 2.05) is 24.4 Å². The number of carboxylic acid groups (broad SMARTS) is 1. The van der Waals surface area contributed by atoms with Crippen LogP contribution in [0.2, 0.25) is 5.02 Å². The number of aromatic nitrogens is 1. The van der Waals surface area contributed by atoms with Gasteiger partial charge in [0.05, 0.1) is 13.2 Å². The van der Waals surface area contributed by atoms with Gasteiger partial charge in [0.15, 0.2) is 0 Å². The topological polar surface area (TPSA) is 110 Å². The highest BCUT2D eigenvalue weighted by molar-refractivity contribution is 6.30. The van der Waals surface area contributed by atoms with Gasteiger partial charge < -0.3 is 25.2 Å². The molecule has 2 aromatic carbocycles. The van der Waals surface area contributed by atoms with Crippen LogP contribution in [0.15, 0.2) is 54.7 Å². The minimum absolute atomic E-state index is 0.0799. The molecule has 3 aliphatic carbocycles. The number of nitrogens with one attached hydrogen (secondary N) is 2. The molecular formula is C40H48ClN3O5. The van der Waals surface area contributed by atoms with Gasteiger partial charge in [0.2, 0.25) is 5.91 Å². The number of fused-ring (bicyclic) bond motifs is 3. The molecule has 1 aromatic heterocycles. The molecule has 1 unspecified atom stereocenters. The molecule has 1 saturated heterocycles. The largest absolute Gasteiger partial charge is 0.493 e. The third kappa shape index (κ3) is 6.86. The normalized spacial score (nSPS) is 28.0. The molecule has 3 aromatic rings. The Bertz CT molecular complexity index is 1700. The number of carboxylic acids is 1. The molecule has 0 bridgehead atoms. The third-order valence-corrected chi connectivity index (χ3v) is 12.0. The van der Waals surface area contributed by atoms with Gasteiger partial charge in [0.1, 0.15) is 17.0 Å². The second-order valence-electron chi connectivity index (χ2n) is 15.2. The summed E-state index contributed by atoms with van der Waals surface area (Å²) in [5, 5.41) is 17.5. The van der Waals surface area contributed by atoms with Crippen LogP contribution >= 0.6 is 11.6 Å². The van der Waals surface area contributed by atoms with Crippen molar-refractivity contribution in [2.45, 2.75) is 94.9 Å². The second-order valence-corrected chi connectivity index (χ2v) is 15.6. The second kappa shape index (κ2) is 13.9. The highest BCUT2D eigenvalue weighted by Gasteiger charge is 2.54. The molecule has 8 nitrogen and oxygen atoms in total. The number of nitrogens with zero attached hydrogens (tertiary/aromatic N) is 1. The molecule has 7 rings (SSSR count). The molecule has 4 aliphatic rings. The average Bonchev–Trinajstić information content (AvgIpc) is 3.63. The Hall–Kier alpha value is -3.78. The number of pyridine rings is 1. The SMILES string of the molecule is C[C@@H](COc1ccnc2c1[C@H](C)CCC2)C[C@H]1Cc2ccc(OCC3CNC(=O)C3)cc2C12CCC(Nc1cccc(Cl)c1)(C(=O)O)CC2. The highest BCUT2D eigenvalue weighted by atomic mass is 35.5. The molecule has 2 heterocycles. The van der Waals surface area contributed by atoms with Crippen LogP contribution in [0.25, 0.3) is 0 Å². The number of amides is 1. The number of rotatable bonds is 11. The molecule has 9 heteroatoms. The van der Waals surface area contributed by atoms with Gasteiger partial charge in [0, 0.05) is 47.0 Å². The molecule has 2 fully saturated rings. The molecule has 3 N–H and O–H groups in total. The number of aliphatic carboxylic acids is 1. The minimum Gasteiger partial charge on any atom is -0.493 e. The van der Waals surface area contributed by atoms with Crippen molar-refractivity contribution in [2.75, 3.05) is 25.1 Å². The maximum atomic E-state index is 12.9. The van der Waals surface area contributed by atoms with Gasteiger partial charge >= 0.3 is 5.97 Å². The van der Waals surface area contributed by atoms with E-state index >= 15 is 0 Å². The summed E-state index contributed by atoms with van der Waals surface area (Å²) in [6, 6.07) is 15.8. The molecule has 1 saturated carbocycles. The van der Waals surface area contributed by atoms with Gasteiger partial charge in [-0.05, 0) is 128 Å². The zero-order valence-corrected chi connectivity index (χ0v) is 29.4. The summed E-state index contributed by atoms with van der Waals surface area (Å²) in [6.45, 7) is 6.33. The van der Waals surface area contributed by atoms with Crippen molar-refractivity contribution >= 4 is 29.2 Å². The van der Waals surface area contributed by atoms with E-state index in [-0.39, 0.29) is 17.2 Å². The Kier molecular flexibility index (Phi) is 9.53. The number of halogens is 1. The Labute approximate surface area is 294 Å². The van der Waals surface area contributed by atoms with Crippen molar-refractivity contribution < 1.29 is 24.2 Å². The van der Waals surface area contributed by atoms with Crippen LogP contribution in [-0.4, -0.2) is 47.3 Å². The lowest BCUT2D eigenvalue weighted by Gasteiger charge is -2.47. The zero-order chi connectivity index (χ0) is 34.2. The lowest BCUT2D eigenvalue weighted by atomic mass is 9.59. The Balaban J connectivity index is 1.12. The number of benzene rings is 2. The zero-order valence-electron chi connectivity index (χ0n) is 28.6.